The molecule has 0 bridgehead atoms. The van der Waals surface area contributed by atoms with Gasteiger partial charge < -0.3 is 5.32 Å². The Bertz CT molecular complexity index is 1700. The van der Waals surface area contributed by atoms with Crippen LogP contribution in [-0.2, 0) is 41.3 Å². The molecule has 2 fully saturated rings. The number of nitrogens with one attached hydrogen (secondary N) is 1. The van der Waals surface area contributed by atoms with Gasteiger partial charge in [0.05, 0.1) is 16.4 Å². The molecule has 1 saturated heterocycles. The molecule has 1 aliphatic heterocycles. The Kier molecular flexibility index (Phi) is 7.90. The van der Waals surface area contributed by atoms with Crippen molar-refractivity contribution in [3.8, 4) is 0 Å². The van der Waals surface area contributed by atoms with Crippen molar-refractivity contribution in [1.82, 2.24) is 5.32 Å². The average Bonchev–Trinajstić information content (AvgIpc) is 3.33. The van der Waals surface area contributed by atoms with Gasteiger partial charge in [-0.1, -0.05) is 18.2 Å². The zero-order valence-electron chi connectivity index (χ0n) is 23.1. The number of alkyl halides is 8. The number of benzene rings is 2. The molecule has 3 aliphatic rings. The van der Waals surface area contributed by atoms with E-state index in [9.17, 15) is 56.8 Å². The van der Waals surface area contributed by atoms with Gasteiger partial charge in [0.15, 0.2) is 25.3 Å². The fourth-order valence-corrected chi connectivity index (χ4v) is 10.9. The molecule has 1 saturated carbocycles. The number of halogens is 9. The third-order valence-electron chi connectivity index (χ3n) is 9.32. The minimum Gasteiger partial charge on any atom is -0.350 e. The SMILES string of the molecule is O=C(N[C@@H]1CC[C@@]2(S(=O)(=O)c3ccc(F)cc3)c3ccc(C(F)(C(F)(F)F)C(F)(F)F)cc3CC[C@@H]12)C1(F)CCS(=O)(=O)CC1. The van der Waals surface area contributed by atoms with Crippen molar-refractivity contribution in [2.75, 3.05) is 11.5 Å². The van der Waals surface area contributed by atoms with E-state index in [-0.39, 0.29) is 42.9 Å². The van der Waals surface area contributed by atoms with Crippen LogP contribution in [0, 0.1) is 11.7 Å². The Morgan fingerprint density at radius 2 is 1.44 bits per heavy atom. The van der Waals surface area contributed by atoms with Crippen LogP contribution in [-0.4, -0.2) is 58.3 Å². The first-order valence-electron chi connectivity index (χ1n) is 13.8. The lowest BCUT2D eigenvalue weighted by molar-refractivity contribution is -0.348. The summed E-state index contributed by atoms with van der Waals surface area (Å²) in [6.45, 7) is 0. The zero-order chi connectivity index (χ0) is 33.4. The van der Waals surface area contributed by atoms with E-state index >= 15 is 4.39 Å². The van der Waals surface area contributed by atoms with Crippen molar-refractivity contribution in [2.45, 2.75) is 77.9 Å². The zero-order valence-corrected chi connectivity index (χ0v) is 24.7. The van der Waals surface area contributed by atoms with Crippen molar-refractivity contribution >= 4 is 25.6 Å². The average molecular weight is 692 g/mol. The van der Waals surface area contributed by atoms with Gasteiger partial charge in [0, 0.05) is 30.4 Å². The highest BCUT2D eigenvalue weighted by Gasteiger charge is 2.74. The fourth-order valence-electron chi connectivity index (χ4n) is 6.94. The largest absolute Gasteiger partial charge is 0.435 e. The van der Waals surface area contributed by atoms with Gasteiger partial charge in [0.25, 0.3) is 5.91 Å². The second kappa shape index (κ2) is 10.6. The quantitative estimate of drug-likeness (QED) is 0.328. The molecule has 2 aromatic rings. The Balaban J connectivity index is 1.61. The lowest BCUT2D eigenvalue weighted by atomic mass is 9.73. The number of carbonyl (C=O) groups is 1. The van der Waals surface area contributed by atoms with Crippen LogP contribution in [0.5, 0.6) is 0 Å². The van der Waals surface area contributed by atoms with Gasteiger partial charge in [-0.3, -0.25) is 4.79 Å². The fraction of sp³-hybridized carbons (Fsp3) is 0.536. The van der Waals surface area contributed by atoms with Crippen molar-refractivity contribution in [1.29, 1.82) is 0 Å². The third-order valence-corrected chi connectivity index (χ3v) is 13.6. The van der Waals surface area contributed by atoms with E-state index in [4.69, 9.17) is 0 Å². The molecule has 45 heavy (non-hydrogen) atoms. The van der Waals surface area contributed by atoms with E-state index in [2.05, 4.69) is 5.32 Å². The van der Waals surface area contributed by atoms with Crippen LogP contribution in [0.25, 0.3) is 0 Å². The van der Waals surface area contributed by atoms with Gasteiger partial charge in [0.1, 0.15) is 10.6 Å². The summed E-state index contributed by atoms with van der Waals surface area (Å²) in [5.74, 6) is -4.23. The van der Waals surface area contributed by atoms with Gasteiger partial charge in [-0.05, 0) is 61.1 Å². The number of amides is 1. The predicted octanol–water partition coefficient (Wildman–Crippen LogP) is 5.54. The highest BCUT2D eigenvalue weighted by atomic mass is 32.2. The normalized spacial score (nSPS) is 26.5. The highest BCUT2D eigenvalue weighted by Crippen LogP contribution is 2.59. The molecule has 3 atom stereocenters. The van der Waals surface area contributed by atoms with E-state index in [1.165, 1.54) is 0 Å². The van der Waals surface area contributed by atoms with Crippen molar-refractivity contribution < 1.29 is 61.1 Å². The number of rotatable bonds is 5. The van der Waals surface area contributed by atoms with Gasteiger partial charge in [-0.25, -0.2) is 30.0 Å². The Morgan fingerprint density at radius 3 is 2.00 bits per heavy atom. The van der Waals surface area contributed by atoms with Crippen LogP contribution in [0.2, 0.25) is 0 Å². The molecule has 0 aromatic heterocycles. The van der Waals surface area contributed by atoms with Crippen LogP contribution >= 0.6 is 0 Å². The Hall–Kier alpha value is -2.82. The van der Waals surface area contributed by atoms with E-state index in [0.29, 0.717) is 12.1 Å². The Morgan fingerprint density at radius 1 is 0.867 bits per heavy atom. The molecule has 1 heterocycles. The smallest absolute Gasteiger partial charge is 0.350 e. The monoisotopic (exact) mass is 691 g/mol. The second-order valence-electron chi connectivity index (χ2n) is 11.8. The van der Waals surface area contributed by atoms with E-state index in [1.807, 2.05) is 0 Å². The minimum atomic E-state index is -6.40. The first-order valence-corrected chi connectivity index (χ1v) is 17.1. The van der Waals surface area contributed by atoms with Crippen molar-refractivity contribution in [3.05, 3.63) is 65.0 Å². The van der Waals surface area contributed by atoms with E-state index in [1.54, 1.807) is 0 Å². The molecule has 0 spiro atoms. The molecule has 0 unspecified atom stereocenters. The minimum absolute atomic E-state index is 0.120. The molecule has 17 heteroatoms. The molecule has 248 valence electrons. The number of aryl methyl sites for hydroxylation is 1. The molecule has 2 aromatic carbocycles. The standard InChI is InChI=1S/C28H26F9NO5S2/c29-18-3-5-19(6-4-18)45(42,43)25-10-9-22(38-23(39)24(30)11-13-44(40,41)14-12-24)21(25)7-1-16-15-17(2-8-20(16)25)26(31,27(32,33)34)28(35,36)37/h2-6,8,15,21-22H,1,7,9-14H2,(H,38,39)/t21-,22+,25+/m0/s1. The molecule has 1 N–H and O–H groups in total. The van der Waals surface area contributed by atoms with Crippen LogP contribution in [0.15, 0.2) is 47.4 Å². The van der Waals surface area contributed by atoms with E-state index < -0.39 is 107 Å². The molecule has 6 nitrogen and oxygen atoms in total. The lowest BCUT2D eigenvalue weighted by Gasteiger charge is -2.43. The number of carbonyl (C=O) groups excluding carboxylic acids is 1. The third kappa shape index (κ3) is 5.21. The summed E-state index contributed by atoms with van der Waals surface area (Å²) in [5, 5.41) is 2.49. The summed E-state index contributed by atoms with van der Waals surface area (Å²) < 4.78 is 175. The molecular weight excluding hydrogens is 665 g/mol. The van der Waals surface area contributed by atoms with Crippen LogP contribution in [0.4, 0.5) is 39.5 Å². The number of hydrogen-bond acceptors (Lipinski definition) is 5. The maximum Gasteiger partial charge on any atom is 0.435 e. The highest BCUT2D eigenvalue weighted by molar-refractivity contribution is 7.92. The lowest BCUT2D eigenvalue weighted by Crippen LogP contribution is -2.54. The molecule has 1 amide bonds. The van der Waals surface area contributed by atoms with Crippen LogP contribution in [0.3, 0.4) is 0 Å². The van der Waals surface area contributed by atoms with Gasteiger partial charge in [0.2, 0.25) is 0 Å². The summed E-state index contributed by atoms with van der Waals surface area (Å²) in [5.41, 5.74) is -10.6. The molecule has 5 rings (SSSR count). The molecule has 0 radical (unpaired) electrons. The van der Waals surface area contributed by atoms with Crippen LogP contribution in [0.1, 0.15) is 48.8 Å². The van der Waals surface area contributed by atoms with E-state index in [0.717, 1.165) is 24.3 Å². The summed E-state index contributed by atoms with van der Waals surface area (Å²) >= 11 is 0. The van der Waals surface area contributed by atoms with Crippen molar-refractivity contribution in [2.24, 2.45) is 5.92 Å². The summed E-state index contributed by atoms with van der Waals surface area (Å²) in [7, 11) is -8.21. The van der Waals surface area contributed by atoms with Gasteiger partial charge >= 0.3 is 18.0 Å². The van der Waals surface area contributed by atoms with Crippen LogP contribution < -0.4 is 5.32 Å². The molecular formula is C28H26F9NO5S2. The summed E-state index contributed by atoms with van der Waals surface area (Å²) in [6.07, 6.45) is -15.1. The van der Waals surface area contributed by atoms with Gasteiger partial charge in [-0.15, -0.1) is 0 Å². The summed E-state index contributed by atoms with van der Waals surface area (Å²) in [4.78, 5) is 12.7. The number of sulfone groups is 2. The maximum absolute atomic E-state index is 15.6. The number of hydrogen-bond donors (Lipinski definition) is 1. The first kappa shape index (κ1) is 33.5. The van der Waals surface area contributed by atoms with Gasteiger partial charge in [-0.2, -0.15) is 26.3 Å². The predicted molar refractivity (Wildman–Crippen MR) is 141 cm³/mol. The topological polar surface area (TPSA) is 97.4 Å². The Labute approximate surface area is 252 Å². The second-order valence-corrected chi connectivity index (χ2v) is 16.3. The van der Waals surface area contributed by atoms with Crippen molar-refractivity contribution in [3.63, 3.8) is 0 Å². The molecule has 2 aliphatic carbocycles. The number of fused-ring (bicyclic) bond motifs is 3. The maximum atomic E-state index is 15.6. The first-order chi connectivity index (χ1) is 20.6. The summed E-state index contributed by atoms with van der Waals surface area (Å²) in [6, 6.07) is 3.78.